The zero-order valence-corrected chi connectivity index (χ0v) is 8.58. The lowest BCUT2D eigenvalue weighted by atomic mass is 10.2. The summed E-state index contributed by atoms with van der Waals surface area (Å²) in [4.78, 5) is 11.1. The summed E-state index contributed by atoms with van der Waals surface area (Å²) in [7, 11) is 0. The normalized spacial score (nSPS) is 12.1. The van der Waals surface area contributed by atoms with E-state index >= 15 is 0 Å². The maximum absolute atomic E-state index is 11.1. The number of rotatable bonds is 3. The van der Waals surface area contributed by atoms with Crippen molar-refractivity contribution in [1.82, 2.24) is 5.32 Å². The molecule has 0 bridgehead atoms. The molecule has 1 atom stereocenters. The van der Waals surface area contributed by atoms with E-state index in [-0.39, 0.29) is 11.7 Å². The van der Waals surface area contributed by atoms with Crippen molar-refractivity contribution in [1.29, 1.82) is 0 Å². The van der Waals surface area contributed by atoms with E-state index in [9.17, 15) is 9.90 Å². The van der Waals surface area contributed by atoms with Crippen molar-refractivity contribution in [2.45, 2.75) is 18.8 Å². The molecule has 0 spiro atoms. The molecule has 0 fully saturated rings. The Hall–Kier alpha value is -1.22. The maximum Gasteiger partial charge on any atom is 0.238 e. The minimum Gasteiger partial charge on any atom is -0.508 e. The van der Waals surface area contributed by atoms with Crippen molar-refractivity contribution in [2.75, 3.05) is 0 Å². The average Bonchev–Trinajstić information content (AvgIpc) is 2.16. The molecule has 1 aromatic carbocycles. The van der Waals surface area contributed by atoms with Gasteiger partial charge >= 0.3 is 0 Å². The Morgan fingerprint density at radius 2 is 2.21 bits per heavy atom. The summed E-state index contributed by atoms with van der Waals surface area (Å²) in [6.45, 7) is 1.89. The number of nitrogens with one attached hydrogen (secondary N) is 1. The Morgan fingerprint density at radius 3 is 2.79 bits per heavy atom. The monoisotopic (exact) mass is 213 g/mol. The molecule has 0 saturated carbocycles. The molecule has 1 amide bonds. The quantitative estimate of drug-likeness (QED) is 0.750. The molecule has 14 heavy (non-hydrogen) atoms. The molecule has 0 aliphatic carbocycles. The average molecular weight is 214 g/mol. The third-order valence-corrected chi connectivity index (χ3v) is 2.00. The predicted molar refractivity (Wildman–Crippen MR) is 55.3 cm³/mol. The first-order valence-corrected chi connectivity index (χ1v) is 4.73. The van der Waals surface area contributed by atoms with E-state index in [1.54, 1.807) is 31.2 Å². The smallest absolute Gasteiger partial charge is 0.238 e. The van der Waals surface area contributed by atoms with Crippen molar-refractivity contribution < 1.29 is 9.90 Å². The molecule has 0 aromatic heterocycles. The van der Waals surface area contributed by atoms with E-state index in [2.05, 4.69) is 5.32 Å². The predicted octanol–water partition coefficient (Wildman–Crippen LogP) is 1.64. The fraction of sp³-hybridized carbons (Fsp3) is 0.300. The van der Waals surface area contributed by atoms with E-state index in [0.29, 0.717) is 12.1 Å². The van der Waals surface area contributed by atoms with Crippen LogP contribution in [0.15, 0.2) is 24.3 Å². The molecule has 0 saturated heterocycles. The van der Waals surface area contributed by atoms with E-state index < -0.39 is 5.38 Å². The minimum absolute atomic E-state index is 0.176. The number of carbonyl (C=O) groups is 1. The number of para-hydroxylation sites is 1. The summed E-state index contributed by atoms with van der Waals surface area (Å²) in [5.41, 5.74) is 0.679. The first-order valence-electron chi connectivity index (χ1n) is 4.30. The van der Waals surface area contributed by atoms with Gasteiger partial charge in [0.2, 0.25) is 5.91 Å². The van der Waals surface area contributed by atoms with Gasteiger partial charge < -0.3 is 10.4 Å². The number of aromatic hydroxyl groups is 1. The maximum atomic E-state index is 11.1. The molecule has 1 aromatic rings. The van der Waals surface area contributed by atoms with Gasteiger partial charge in [-0.15, -0.1) is 11.6 Å². The summed E-state index contributed by atoms with van der Waals surface area (Å²) in [5.74, 6) is -0.0649. The second kappa shape index (κ2) is 4.86. The van der Waals surface area contributed by atoms with Gasteiger partial charge in [0.1, 0.15) is 11.1 Å². The molecule has 2 N–H and O–H groups in total. The lowest BCUT2D eigenvalue weighted by molar-refractivity contribution is -0.120. The molecule has 4 heteroatoms. The number of alkyl halides is 1. The Morgan fingerprint density at radius 1 is 1.57 bits per heavy atom. The van der Waals surface area contributed by atoms with Crippen molar-refractivity contribution >= 4 is 17.5 Å². The standard InChI is InChI=1S/C10H12ClNO2/c1-7(11)10(14)12-6-8-4-2-3-5-9(8)13/h2-5,7,13H,6H2,1H3,(H,12,14). The van der Waals surface area contributed by atoms with Crippen molar-refractivity contribution in [3.05, 3.63) is 29.8 Å². The first kappa shape index (κ1) is 10.9. The molecular weight excluding hydrogens is 202 g/mol. The second-order valence-electron chi connectivity index (χ2n) is 2.96. The molecule has 0 aliphatic rings. The van der Waals surface area contributed by atoms with Crippen LogP contribution in [0.4, 0.5) is 0 Å². The number of phenols is 1. The van der Waals surface area contributed by atoms with Crippen LogP contribution < -0.4 is 5.32 Å². The summed E-state index contributed by atoms with van der Waals surface area (Å²) < 4.78 is 0. The Labute approximate surface area is 87.7 Å². The molecule has 0 heterocycles. The highest BCUT2D eigenvalue weighted by Gasteiger charge is 2.08. The summed E-state index contributed by atoms with van der Waals surface area (Å²) in [6.07, 6.45) is 0. The van der Waals surface area contributed by atoms with E-state index in [1.165, 1.54) is 0 Å². The summed E-state index contributed by atoms with van der Waals surface area (Å²) in [6, 6.07) is 6.84. The van der Waals surface area contributed by atoms with Crippen LogP contribution in [0.5, 0.6) is 5.75 Å². The van der Waals surface area contributed by atoms with Gasteiger partial charge in [0.05, 0.1) is 0 Å². The molecule has 1 rings (SSSR count). The van der Waals surface area contributed by atoms with Gasteiger partial charge in [0, 0.05) is 12.1 Å². The van der Waals surface area contributed by atoms with E-state index in [4.69, 9.17) is 11.6 Å². The van der Waals surface area contributed by atoms with Crippen LogP contribution >= 0.6 is 11.6 Å². The van der Waals surface area contributed by atoms with Gasteiger partial charge in [0.25, 0.3) is 0 Å². The number of hydrogen-bond acceptors (Lipinski definition) is 2. The number of hydrogen-bond donors (Lipinski definition) is 2. The summed E-state index contributed by atoms with van der Waals surface area (Å²) in [5, 5.41) is 11.4. The Bertz CT molecular complexity index is 326. The third kappa shape index (κ3) is 2.92. The van der Waals surface area contributed by atoms with Gasteiger partial charge in [-0.3, -0.25) is 4.79 Å². The highest BCUT2D eigenvalue weighted by molar-refractivity contribution is 6.30. The lowest BCUT2D eigenvalue weighted by Gasteiger charge is -2.07. The van der Waals surface area contributed by atoms with Crippen LogP contribution in [0.25, 0.3) is 0 Å². The Kier molecular flexibility index (Phi) is 3.77. The van der Waals surface area contributed by atoms with Crippen LogP contribution in [-0.2, 0) is 11.3 Å². The molecule has 0 aliphatic heterocycles. The van der Waals surface area contributed by atoms with Crippen LogP contribution in [0.3, 0.4) is 0 Å². The fourth-order valence-electron chi connectivity index (χ4n) is 0.983. The zero-order valence-electron chi connectivity index (χ0n) is 7.83. The van der Waals surface area contributed by atoms with Crippen molar-refractivity contribution in [3.8, 4) is 5.75 Å². The van der Waals surface area contributed by atoms with Gasteiger partial charge in [-0.2, -0.15) is 0 Å². The summed E-state index contributed by atoms with van der Waals surface area (Å²) >= 11 is 5.56. The molecule has 1 unspecified atom stereocenters. The van der Waals surface area contributed by atoms with Gasteiger partial charge in [-0.1, -0.05) is 18.2 Å². The van der Waals surface area contributed by atoms with Gasteiger partial charge in [-0.05, 0) is 13.0 Å². The number of phenolic OH excluding ortho intramolecular Hbond substituents is 1. The number of amides is 1. The van der Waals surface area contributed by atoms with Crippen LogP contribution in [-0.4, -0.2) is 16.4 Å². The lowest BCUT2D eigenvalue weighted by Crippen LogP contribution is -2.29. The molecule has 3 nitrogen and oxygen atoms in total. The number of halogens is 1. The van der Waals surface area contributed by atoms with E-state index in [0.717, 1.165) is 0 Å². The third-order valence-electron chi connectivity index (χ3n) is 1.81. The van der Waals surface area contributed by atoms with Crippen LogP contribution in [0, 0.1) is 0 Å². The fourth-order valence-corrected chi connectivity index (χ4v) is 1.06. The topological polar surface area (TPSA) is 49.3 Å². The highest BCUT2D eigenvalue weighted by Crippen LogP contribution is 2.14. The second-order valence-corrected chi connectivity index (χ2v) is 3.62. The van der Waals surface area contributed by atoms with Gasteiger partial charge in [0.15, 0.2) is 0 Å². The minimum atomic E-state index is -0.555. The number of carbonyl (C=O) groups excluding carboxylic acids is 1. The van der Waals surface area contributed by atoms with Gasteiger partial charge in [-0.25, -0.2) is 0 Å². The first-order chi connectivity index (χ1) is 6.61. The van der Waals surface area contributed by atoms with Crippen LogP contribution in [0.2, 0.25) is 0 Å². The zero-order chi connectivity index (χ0) is 10.6. The van der Waals surface area contributed by atoms with Crippen molar-refractivity contribution in [3.63, 3.8) is 0 Å². The van der Waals surface area contributed by atoms with Crippen LogP contribution in [0.1, 0.15) is 12.5 Å². The number of benzene rings is 1. The largest absolute Gasteiger partial charge is 0.508 e. The Balaban J connectivity index is 2.54. The molecule has 0 radical (unpaired) electrons. The molecule has 76 valence electrons. The molecular formula is C10H12ClNO2. The van der Waals surface area contributed by atoms with Crippen molar-refractivity contribution in [2.24, 2.45) is 0 Å². The SMILES string of the molecule is CC(Cl)C(=O)NCc1ccccc1O. The highest BCUT2D eigenvalue weighted by atomic mass is 35.5. The van der Waals surface area contributed by atoms with E-state index in [1.807, 2.05) is 0 Å².